The van der Waals surface area contributed by atoms with Gasteiger partial charge in [0.1, 0.15) is 0 Å². The van der Waals surface area contributed by atoms with Gasteiger partial charge in [0.05, 0.1) is 13.1 Å². The molecule has 0 aliphatic carbocycles. The summed E-state index contributed by atoms with van der Waals surface area (Å²) in [5, 5.41) is 10.4. The lowest BCUT2D eigenvalue weighted by atomic mass is 10.2. The number of carbonyl (C=O) groups is 1. The van der Waals surface area contributed by atoms with E-state index in [1.807, 2.05) is 54.5 Å². The molecule has 2 aromatic rings. The van der Waals surface area contributed by atoms with Gasteiger partial charge in [0, 0.05) is 19.6 Å². The molecule has 6 heteroatoms. The number of hydrogen-bond donors (Lipinski definition) is 2. The van der Waals surface area contributed by atoms with Crippen molar-refractivity contribution in [1.29, 1.82) is 0 Å². The minimum Gasteiger partial charge on any atom is -0.357 e. The van der Waals surface area contributed by atoms with Crippen LogP contribution in [-0.4, -0.2) is 36.4 Å². The van der Waals surface area contributed by atoms with Gasteiger partial charge >= 0.3 is 0 Å². The molecule has 0 aliphatic heterocycles. The van der Waals surface area contributed by atoms with E-state index in [1.165, 1.54) is 5.56 Å². The van der Waals surface area contributed by atoms with E-state index in [1.54, 1.807) is 11.3 Å². The number of carbonyl (C=O) groups excluding carboxylic acids is 1. The third-order valence-corrected chi connectivity index (χ3v) is 4.43. The molecule has 0 atom stereocenters. The highest BCUT2D eigenvalue weighted by atomic mass is 32.1. The zero-order valence-corrected chi connectivity index (χ0v) is 15.7. The minimum absolute atomic E-state index is 0.0625. The number of amides is 1. The fraction of sp³-hybridized carbons (Fsp3) is 0.368. The Morgan fingerprint density at radius 1 is 1.12 bits per heavy atom. The van der Waals surface area contributed by atoms with Crippen LogP contribution >= 0.6 is 11.3 Å². The van der Waals surface area contributed by atoms with Gasteiger partial charge in [0.15, 0.2) is 5.96 Å². The molecule has 2 rings (SSSR count). The monoisotopic (exact) mass is 358 g/mol. The van der Waals surface area contributed by atoms with Gasteiger partial charge in [0.25, 0.3) is 0 Å². The Hall–Kier alpha value is -2.34. The van der Waals surface area contributed by atoms with Crippen LogP contribution in [0, 0.1) is 0 Å². The maximum Gasteiger partial charge on any atom is 0.242 e. The largest absolute Gasteiger partial charge is 0.357 e. The lowest BCUT2D eigenvalue weighted by Crippen LogP contribution is -2.44. The van der Waals surface area contributed by atoms with Crippen LogP contribution in [0.25, 0.3) is 0 Å². The Labute approximate surface area is 153 Å². The highest BCUT2D eigenvalue weighted by Gasteiger charge is 2.12. The highest BCUT2D eigenvalue weighted by molar-refractivity contribution is 7.07. The number of hydrogen-bond acceptors (Lipinski definition) is 3. The number of nitrogens with zero attached hydrogens (tertiary/aromatic N) is 2. The molecule has 1 heterocycles. The van der Waals surface area contributed by atoms with Gasteiger partial charge in [-0.15, -0.1) is 0 Å². The Morgan fingerprint density at radius 2 is 1.92 bits per heavy atom. The second-order valence-electron chi connectivity index (χ2n) is 5.57. The molecule has 0 saturated carbocycles. The molecule has 0 unspecified atom stereocenters. The van der Waals surface area contributed by atoms with Gasteiger partial charge < -0.3 is 15.5 Å². The Bertz CT molecular complexity index is 655. The first-order chi connectivity index (χ1) is 12.2. The summed E-state index contributed by atoms with van der Waals surface area (Å²) in [5.41, 5.74) is 2.31. The molecule has 0 saturated heterocycles. The van der Waals surface area contributed by atoms with Gasteiger partial charge in [-0.3, -0.25) is 4.79 Å². The van der Waals surface area contributed by atoms with Crippen molar-refractivity contribution in [3.05, 3.63) is 58.3 Å². The van der Waals surface area contributed by atoms with E-state index in [0.29, 0.717) is 25.6 Å². The van der Waals surface area contributed by atoms with Crippen molar-refractivity contribution in [2.75, 3.05) is 19.6 Å². The zero-order chi connectivity index (χ0) is 17.9. The third kappa shape index (κ3) is 6.58. The van der Waals surface area contributed by atoms with Gasteiger partial charge in [0.2, 0.25) is 5.91 Å². The Balaban J connectivity index is 1.88. The zero-order valence-electron chi connectivity index (χ0n) is 14.9. The Morgan fingerprint density at radius 3 is 2.56 bits per heavy atom. The van der Waals surface area contributed by atoms with E-state index < -0.39 is 0 Å². The van der Waals surface area contributed by atoms with E-state index in [-0.39, 0.29) is 12.5 Å². The van der Waals surface area contributed by atoms with Crippen LogP contribution in [0.3, 0.4) is 0 Å². The van der Waals surface area contributed by atoms with E-state index in [4.69, 9.17) is 0 Å². The second kappa shape index (κ2) is 10.5. The van der Waals surface area contributed by atoms with Crippen LogP contribution in [0.5, 0.6) is 0 Å². The summed E-state index contributed by atoms with van der Waals surface area (Å²) in [4.78, 5) is 18.9. The number of guanidine groups is 1. The fourth-order valence-corrected chi connectivity index (χ4v) is 3.01. The van der Waals surface area contributed by atoms with Crippen LogP contribution in [0.4, 0.5) is 0 Å². The van der Waals surface area contributed by atoms with Crippen molar-refractivity contribution in [2.45, 2.75) is 26.9 Å². The Kier molecular flexibility index (Phi) is 7.98. The first-order valence-electron chi connectivity index (χ1n) is 8.57. The summed E-state index contributed by atoms with van der Waals surface area (Å²) in [6, 6.07) is 12.1. The van der Waals surface area contributed by atoms with E-state index in [9.17, 15) is 4.79 Å². The summed E-state index contributed by atoms with van der Waals surface area (Å²) in [7, 11) is 0. The van der Waals surface area contributed by atoms with Gasteiger partial charge in [-0.25, -0.2) is 4.99 Å². The lowest BCUT2D eigenvalue weighted by molar-refractivity contribution is -0.130. The molecule has 0 aliphatic rings. The molecule has 25 heavy (non-hydrogen) atoms. The van der Waals surface area contributed by atoms with E-state index in [2.05, 4.69) is 27.1 Å². The summed E-state index contributed by atoms with van der Waals surface area (Å²) in [5.74, 6) is 0.727. The molecule has 0 spiro atoms. The summed E-state index contributed by atoms with van der Waals surface area (Å²) in [6.45, 7) is 6.91. The molecular weight excluding hydrogens is 332 g/mol. The molecule has 5 nitrogen and oxygen atoms in total. The maximum absolute atomic E-state index is 12.5. The topological polar surface area (TPSA) is 56.7 Å². The predicted octanol–water partition coefficient (Wildman–Crippen LogP) is 2.85. The van der Waals surface area contributed by atoms with Gasteiger partial charge in [-0.2, -0.15) is 11.3 Å². The van der Waals surface area contributed by atoms with Crippen LogP contribution < -0.4 is 10.6 Å². The molecule has 2 N–H and O–H groups in total. The van der Waals surface area contributed by atoms with Crippen LogP contribution in [-0.2, 0) is 17.9 Å². The first kappa shape index (κ1) is 19.0. The summed E-state index contributed by atoms with van der Waals surface area (Å²) < 4.78 is 0. The molecule has 1 amide bonds. The predicted molar refractivity (Wildman–Crippen MR) is 105 cm³/mol. The van der Waals surface area contributed by atoms with Crippen molar-refractivity contribution in [3.8, 4) is 0 Å². The average Bonchev–Trinajstić information content (AvgIpc) is 3.16. The standard InChI is InChI=1S/C19H26N4OS/c1-3-20-19(21-12-17-10-11-25-15-17)22-13-18(24)23(4-2)14-16-8-6-5-7-9-16/h5-11,15H,3-4,12-14H2,1-2H3,(H2,20,21,22). The summed E-state index contributed by atoms with van der Waals surface area (Å²) in [6.07, 6.45) is 0. The molecule has 0 bridgehead atoms. The first-order valence-corrected chi connectivity index (χ1v) is 9.52. The fourth-order valence-electron chi connectivity index (χ4n) is 2.35. The van der Waals surface area contributed by atoms with Crippen LogP contribution in [0.1, 0.15) is 25.0 Å². The van der Waals surface area contributed by atoms with E-state index in [0.717, 1.165) is 12.1 Å². The van der Waals surface area contributed by atoms with Gasteiger partial charge in [-0.05, 0) is 41.8 Å². The number of likely N-dealkylation sites (N-methyl/N-ethyl adjacent to an activating group) is 1. The number of rotatable bonds is 8. The highest BCUT2D eigenvalue weighted by Crippen LogP contribution is 2.07. The van der Waals surface area contributed by atoms with Crippen molar-refractivity contribution in [3.63, 3.8) is 0 Å². The number of thiophene rings is 1. The van der Waals surface area contributed by atoms with Crippen molar-refractivity contribution >= 4 is 23.2 Å². The minimum atomic E-state index is 0.0625. The number of aliphatic imine (C=N–C) groups is 1. The molecule has 134 valence electrons. The van der Waals surface area contributed by atoms with Crippen LogP contribution in [0.15, 0.2) is 52.2 Å². The maximum atomic E-state index is 12.5. The quantitative estimate of drug-likeness (QED) is 0.563. The molecular formula is C19H26N4OS. The average molecular weight is 359 g/mol. The normalized spacial score (nSPS) is 11.2. The smallest absolute Gasteiger partial charge is 0.242 e. The van der Waals surface area contributed by atoms with Crippen molar-refractivity contribution < 1.29 is 4.79 Å². The van der Waals surface area contributed by atoms with Gasteiger partial charge in [-0.1, -0.05) is 30.3 Å². The van der Waals surface area contributed by atoms with E-state index >= 15 is 0 Å². The van der Waals surface area contributed by atoms with Crippen LogP contribution in [0.2, 0.25) is 0 Å². The molecule has 1 aromatic carbocycles. The lowest BCUT2D eigenvalue weighted by Gasteiger charge is -2.22. The third-order valence-electron chi connectivity index (χ3n) is 3.70. The SMILES string of the molecule is CCNC(=NCc1ccsc1)NCC(=O)N(CC)Cc1ccccc1. The molecule has 1 aromatic heterocycles. The molecule has 0 fully saturated rings. The number of nitrogens with one attached hydrogen (secondary N) is 2. The summed E-state index contributed by atoms with van der Waals surface area (Å²) >= 11 is 1.66. The second-order valence-corrected chi connectivity index (χ2v) is 6.35. The molecule has 0 radical (unpaired) electrons. The van der Waals surface area contributed by atoms with Crippen molar-refractivity contribution in [2.24, 2.45) is 4.99 Å². The number of benzene rings is 1. The van der Waals surface area contributed by atoms with Crippen molar-refractivity contribution in [1.82, 2.24) is 15.5 Å².